The Morgan fingerprint density at radius 3 is 2.95 bits per heavy atom. The number of hydrogen-bond acceptors (Lipinski definition) is 7. The quantitative estimate of drug-likeness (QED) is 0.824. The van der Waals surface area contributed by atoms with Crippen molar-refractivity contribution in [2.75, 3.05) is 13.6 Å². The molecule has 0 radical (unpaired) electrons. The van der Waals surface area contributed by atoms with Gasteiger partial charge in [-0.1, -0.05) is 18.0 Å². The van der Waals surface area contributed by atoms with Crippen LogP contribution in [0.15, 0.2) is 10.9 Å². The molecule has 1 fully saturated rings. The summed E-state index contributed by atoms with van der Waals surface area (Å²) in [6.07, 6.45) is 5.32. The van der Waals surface area contributed by atoms with Gasteiger partial charge >= 0.3 is 0 Å². The largest absolute Gasteiger partial charge is 0.389 e. The van der Waals surface area contributed by atoms with Crippen LogP contribution in [-0.2, 0) is 6.54 Å². The molecule has 8 heteroatoms. The minimum absolute atomic E-state index is 0.394. The first-order chi connectivity index (χ1) is 9.65. The molecular formula is C12H18N6O2. The van der Waals surface area contributed by atoms with Gasteiger partial charge in [0.15, 0.2) is 5.82 Å². The number of likely N-dealkylation sites (N-methyl/N-ethyl adjacent to an activating group) is 1. The van der Waals surface area contributed by atoms with E-state index in [0.717, 1.165) is 25.7 Å². The maximum atomic E-state index is 10.4. The summed E-state index contributed by atoms with van der Waals surface area (Å²) in [5.41, 5.74) is -0.567. The zero-order valence-electron chi connectivity index (χ0n) is 11.4. The second-order valence-corrected chi connectivity index (χ2v) is 5.45. The number of hydrogen-bond donors (Lipinski definition) is 2. The lowest BCUT2D eigenvalue weighted by Crippen LogP contribution is -2.38. The van der Waals surface area contributed by atoms with Crippen molar-refractivity contribution < 1.29 is 9.63 Å². The zero-order chi connectivity index (χ0) is 14.0. The van der Waals surface area contributed by atoms with Gasteiger partial charge in [0, 0.05) is 6.54 Å². The Bertz CT molecular complexity index is 546. The van der Waals surface area contributed by atoms with Crippen molar-refractivity contribution in [2.45, 2.75) is 37.8 Å². The van der Waals surface area contributed by atoms with Crippen LogP contribution in [0.2, 0.25) is 0 Å². The minimum atomic E-state index is -0.567. The van der Waals surface area contributed by atoms with Gasteiger partial charge in [-0.25, -0.2) is 4.98 Å². The third-order valence-corrected chi connectivity index (χ3v) is 3.60. The molecular weight excluding hydrogens is 260 g/mol. The van der Waals surface area contributed by atoms with E-state index in [2.05, 4.69) is 25.3 Å². The van der Waals surface area contributed by atoms with Crippen molar-refractivity contribution in [3.8, 4) is 11.6 Å². The first kappa shape index (κ1) is 13.2. The highest BCUT2D eigenvalue weighted by Gasteiger charge is 2.32. The summed E-state index contributed by atoms with van der Waals surface area (Å²) in [4.78, 5) is 10.2. The number of nitrogens with zero attached hydrogens (tertiary/aromatic N) is 5. The molecule has 2 aromatic heterocycles. The van der Waals surface area contributed by atoms with Crippen LogP contribution in [0.3, 0.4) is 0 Å². The lowest BCUT2D eigenvalue weighted by molar-refractivity contribution is 0.0124. The van der Waals surface area contributed by atoms with Crippen molar-refractivity contribution >= 4 is 0 Å². The number of aromatic amines is 1. The molecule has 0 aromatic carbocycles. The summed E-state index contributed by atoms with van der Waals surface area (Å²) in [7, 11) is 1.94. The number of aliphatic hydroxyl groups is 1. The third kappa shape index (κ3) is 2.86. The van der Waals surface area contributed by atoms with Gasteiger partial charge in [0.25, 0.3) is 0 Å². The molecule has 0 atom stereocenters. The summed E-state index contributed by atoms with van der Waals surface area (Å²) in [5.74, 6) is 1.38. The Balaban J connectivity index is 1.60. The Morgan fingerprint density at radius 2 is 2.25 bits per heavy atom. The molecule has 2 aromatic rings. The lowest BCUT2D eigenvalue weighted by Gasteiger charge is -2.27. The standard InChI is InChI=1S/C12H18N6O2/c1-18(7-12(19)4-2-3-5-12)6-9-15-11(17-20-9)10-13-8-14-16-10/h8,19H,2-7H2,1H3,(H,13,14,16). The summed E-state index contributed by atoms with van der Waals surface area (Å²) < 4.78 is 5.18. The number of H-pyrrole nitrogens is 1. The fourth-order valence-electron chi connectivity index (χ4n) is 2.71. The van der Waals surface area contributed by atoms with Crippen LogP contribution in [0.5, 0.6) is 0 Å². The first-order valence-electron chi connectivity index (χ1n) is 6.74. The minimum Gasteiger partial charge on any atom is -0.389 e. The maximum Gasteiger partial charge on any atom is 0.241 e. The lowest BCUT2D eigenvalue weighted by atomic mass is 10.0. The SMILES string of the molecule is CN(Cc1nc(-c2ncn[nH]2)no1)CC1(O)CCCC1. The molecule has 1 saturated carbocycles. The second kappa shape index (κ2) is 5.29. The molecule has 0 aliphatic heterocycles. The van der Waals surface area contributed by atoms with Gasteiger partial charge in [-0.05, 0) is 19.9 Å². The molecule has 0 saturated heterocycles. The Morgan fingerprint density at radius 1 is 1.45 bits per heavy atom. The first-order valence-corrected chi connectivity index (χ1v) is 6.74. The monoisotopic (exact) mass is 278 g/mol. The van der Waals surface area contributed by atoms with Crippen molar-refractivity contribution in [1.82, 2.24) is 30.2 Å². The Kier molecular flexibility index (Phi) is 3.49. The highest BCUT2D eigenvalue weighted by molar-refractivity contribution is 5.39. The van der Waals surface area contributed by atoms with Crippen molar-refractivity contribution in [3.63, 3.8) is 0 Å². The van der Waals surface area contributed by atoms with E-state index in [4.69, 9.17) is 4.52 Å². The zero-order valence-corrected chi connectivity index (χ0v) is 11.4. The molecule has 0 amide bonds. The van der Waals surface area contributed by atoms with Gasteiger partial charge in [0.1, 0.15) is 6.33 Å². The molecule has 2 heterocycles. The average molecular weight is 278 g/mol. The van der Waals surface area contributed by atoms with Crippen LogP contribution in [-0.4, -0.2) is 54.5 Å². The number of nitrogens with one attached hydrogen (secondary N) is 1. The fourth-order valence-corrected chi connectivity index (χ4v) is 2.71. The molecule has 1 aliphatic rings. The molecule has 1 aliphatic carbocycles. The predicted octanol–water partition coefficient (Wildman–Crippen LogP) is 0.592. The molecule has 8 nitrogen and oxygen atoms in total. The highest BCUT2D eigenvalue weighted by Crippen LogP contribution is 2.30. The molecule has 108 valence electrons. The van der Waals surface area contributed by atoms with Crippen LogP contribution in [0.25, 0.3) is 11.6 Å². The molecule has 0 bridgehead atoms. The van der Waals surface area contributed by atoms with E-state index in [1.807, 2.05) is 11.9 Å². The van der Waals surface area contributed by atoms with E-state index in [1.54, 1.807) is 0 Å². The molecule has 3 rings (SSSR count). The van der Waals surface area contributed by atoms with E-state index in [0.29, 0.717) is 30.6 Å². The normalized spacial score (nSPS) is 17.9. The topological polar surface area (TPSA) is 104 Å². The van der Waals surface area contributed by atoms with Crippen molar-refractivity contribution in [3.05, 3.63) is 12.2 Å². The highest BCUT2D eigenvalue weighted by atomic mass is 16.5. The summed E-state index contributed by atoms with van der Waals surface area (Å²) in [6.45, 7) is 1.12. The fraction of sp³-hybridized carbons (Fsp3) is 0.667. The Labute approximate surface area is 116 Å². The van der Waals surface area contributed by atoms with E-state index >= 15 is 0 Å². The van der Waals surface area contributed by atoms with E-state index in [1.165, 1.54) is 6.33 Å². The summed E-state index contributed by atoms with van der Waals surface area (Å²) in [6, 6.07) is 0. The molecule has 0 spiro atoms. The average Bonchev–Trinajstić information content (AvgIpc) is 3.08. The smallest absolute Gasteiger partial charge is 0.241 e. The van der Waals surface area contributed by atoms with Gasteiger partial charge in [-0.15, -0.1) is 0 Å². The van der Waals surface area contributed by atoms with Crippen LogP contribution in [0, 0.1) is 0 Å². The van der Waals surface area contributed by atoms with Gasteiger partial charge in [0.2, 0.25) is 11.7 Å². The second-order valence-electron chi connectivity index (χ2n) is 5.45. The van der Waals surface area contributed by atoms with Gasteiger partial charge in [-0.2, -0.15) is 10.1 Å². The van der Waals surface area contributed by atoms with E-state index in [9.17, 15) is 5.11 Å². The van der Waals surface area contributed by atoms with E-state index in [-0.39, 0.29) is 0 Å². The predicted molar refractivity (Wildman–Crippen MR) is 69.4 cm³/mol. The van der Waals surface area contributed by atoms with Crippen molar-refractivity contribution in [2.24, 2.45) is 0 Å². The molecule has 0 unspecified atom stereocenters. The van der Waals surface area contributed by atoms with E-state index < -0.39 is 5.60 Å². The number of rotatable bonds is 5. The molecule has 20 heavy (non-hydrogen) atoms. The van der Waals surface area contributed by atoms with Gasteiger partial charge in [0.05, 0.1) is 12.1 Å². The maximum absolute atomic E-state index is 10.4. The summed E-state index contributed by atoms with van der Waals surface area (Å²) >= 11 is 0. The Hall–Kier alpha value is -1.80. The van der Waals surface area contributed by atoms with Gasteiger partial charge in [-0.3, -0.25) is 10.00 Å². The van der Waals surface area contributed by atoms with Crippen molar-refractivity contribution in [1.29, 1.82) is 0 Å². The summed E-state index contributed by atoms with van der Waals surface area (Å²) in [5, 5.41) is 20.6. The molecule has 2 N–H and O–H groups in total. The van der Waals surface area contributed by atoms with Gasteiger partial charge < -0.3 is 9.63 Å². The number of aromatic nitrogens is 5. The van der Waals surface area contributed by atoms with Crippen LogP contribution in [0.4, 0.5) is 0 Å². The van der Waals surface area contributed by atoms with Crippen LogP contribution >= 0.6 is 0 Å². The van der Waals surface area contributed by atoms with Crippen LogP contribution < -0.4 is 0 Å². The third-order valence-electron chi connectivity index (χ3n) is 3.60. The van der Waals surface area contributed by atoms with Crippen LogP contribution in [0.1, 0.15) is 31.6 Å².